The summed E-state index contributed by atoms with van der Waals surface area (Å²) in [5, 5.41) is 2.51. The molecule has 2 aliphatic rings. The Kier molecular flexibility index (Phi) is 6.67. The van der Waals surface area contributed by atoms with Gasteiger partial charge in [0.1, 0.15) is 5.82 Å². The molecule has 2 nitrogen and oxygen atoms in total. The smallest absolute Gasteiger partial charge is 0.349 e. The molecule has 1 aromatic rings. The fourth-order valence-corrected chi connectivity index (χ4v) is 4.94. The first-order chi connectivity index (χ1) is 14.0. The number of hydrogen-bond acceptors (Lipinski definition) is 1. The van der Waals surface area contributed by atoms with Crippen LogP contribution in [0.1, 0.15) is 79.3 Å². The molecular weight excluding hydrogens is 415 g/mol. The van der Waals surface area contributed by atoms with Crippen LogP contribution in [0.5, 0.6) is 0 Å². The van der Waals surface area contributed by atoms with Crippen LogP contribution in [0, 0.1) is 17.7 Å². The van der Waals surface area contributed by atoms with E-state index in [-0.39, 0.29) is 18.1 Å². The molecule has 9 heteroatoms. The van der Waals surface area contributed by atoms with Gasteiger partial charge in [-0.1, -0.05) is 44.9 Å². The molecule has 30 heavy (non-hydrogen) atoms. The van der Waals surface area contributed by atoms with Crippen LogP contribution in [-0.2, 0) is 12.4 Å². The van der Waals surface area contributed by atoms with Gasteiger partial charge in [-0.3, -0.25) is 4.79 Å². The molecule has 2 aliphatic carbocycles. The third kappa shape index (κ3) is 5.09. The van der Waals surface area contributed by atoms with Gasteiger partial charge in [0.25, 0.3) is 5.91 Å². The maximum absolute atomic E-state index is 14.3. The van der Waals surface area contributed by atoms with Crippen molar-refractivity contribution < 1.29 is 35.5 Å². The van der Waals surface area contributed by atoms with Crippen LogP contribution in [0.25, 0.3) is 0 Å². The second-order valence-corrected chi connectivity index (χ2v) is 8.30. The maximum atomic E-state index is 14.3. The standard InChI is InChI=1S/C21H24F7NO/c22-16-11-13(20(23,24)25)10-15(21(26,27)28)18(16)19(30)29-17-9-5-8-14(17)12-6-3-1-2-4-7-12/h10-12,14,17H,1-9H2,(H,29,30). The van der Waals surface area contributed by atoms with Crippen molar-refractivity contribution in [2.45, 2.75) is 76.2 Å². The monoisotopic (exact) mass is 439 g/mol. The molecule has 2 atom stereocenters. The van der Waals surface area contributed by atoms with Gasteiger partial charge in [-0.25, -0.2) is 4.39 Å². The van der Waals surface area contributed by atoms with Crippen LogP contribution >= 0.6 is 0 Å². The molecule has 0 saturated heterocycles. The Balaban J connectivity index is 1.87. The molecule has 0 spiro atoms. The minimum absolute atomic E-state index is 0.0540. The average Bonchev–Trinajstić information content (AvgIpc) is 2.92. The second kappa shape index (κ2) is 8.75. The van der Waals surface area contributed by atoms with Crippen LogP contribution in [0.4, 0.5) is 30.7 Å². The van der Waals surface area contributed by atoms with E-state index in [4.69, 9.17) is 0 Å². The number of halogens is 7. The van der Waals surface area contributed by atoms with Crippen molar-refractivity contribution in [1.82, 2.24) is 5.32 Å². The summed E-state index contributed by atoms with van der Waals surface area (Å²) in [5.74, 6) is -2.68. The minimum Gasteiger partial charge on any atom is -0.349 e. The molecule has 1 N–H and O–H groups in total. The number of hydrogen-bond donors (Lipinski definition) is 1. The molecule has 0 aliphatic heterocycles. The van der Waals surface area contributed by atoms with Crippen molar-refractivity contribution in [2.24, 2.45) is 11.8 Å². The lowest BCUT2D eigenvalue weighted by Crippen LogP contribution is -2.41. The molecule has 0 bridgehead atoms. The zero-order chi connectivity index (χ0) is 22.1. The third-order valence-corrected chi connectivity index (χ3v) is 6.34. The zero-order valence-electron chi connectivity index (χ0n) is 16.3. The highest BCUT2D eigenvalue weighted by Crippen LogP contribution is 2.41. The largest absolute Gasteiger partial charge is 0.417 e. The van der Waals surface area contributed by atoms with Gasteiger partial charge in [0.05, 0.1) is 16.7 Å². The molecule has 0 radical (unpaired) electrons. The average molecular weight is 439 g/mol. The highest BCUT2D eigenvalue weighted by molar-refractivity contribution is 5.96. The zero-order valence-corrected chi connectivity index (χ0v) is 16.3. The molecule has 0 heterocycles. The summed E-state index contributed by atoms with van der Waals surface area (Å²) >= 11 is 0. The van der Waals surface area contributed by atoms with Crippen molar-refractivity contribution in [2.75, 3.05) is 0 Å². The van der Waals surface area contributed by atoms with Gasteiger partial charge in [0, 0.05) is 6.04 Å². The van der Waals surface area contributed by atoms with Gasteiger partial charge < -0.3 is 5.32 Å². The summed E-state index contributed by atoms with van der Waals surface area (Å²) in [6, 6.07) is -0.653. The Bertz CT molecular complexity index is 764. The minimum atomic E-state index is -5.30. The van der Waals surface area contributed by atoms with E-state index in [1.165, 1.54) is 0 Å². The fraction of sp³-hybridized carbons (Fsp3) is 0.667. The van der Waals surface area contributed by atoms with E-state index < -0.39 is 46.8 Å². The Labute approximate surface area is 170 Å². The van der Waals surface area contributed by atoms with E-state index in [2.05, 4.69) is 5.32 Å². The van der Waals surface area contributed by atoms with Gasteiger partial charge in [-0.15, -0.1) is 0 Å². The Hall–Kier alpha value is -1.80. The van der Waals surface area contributed by atoms with E-state index in [1.807, 2.05) is 0 Å². The number of carbonyl (C=O) groups excluding carboxylic acids is 1. The van der Waals surface area contributed by atoms with E-state index in [9.17, 15) is 35.5 Å². The molecule has 2 unspecified atom stereocenters. The molecule has 1 amide bonds. The Morgan fingerprint density at radius 1 is 0.833 bits per heavy atom. The summed E-state index contributed by atoms with van der Waals surface area (Å²) in [4.78, 5) is 12.6. The third-order valence-electron chi connectivity index (χ3n) is 6.34. The lowest BCUT2D eigenvalue weighted by Gasteiger charge is -2.29. The summed E-state index contributed by atoms with van der Waals surface area (Å²) in [6.07, 6.45) is -1.91. The van der Waals surface area contributed by atoms with Crippen LogP contribution in [0.3, 0.4) is 0 Å². The molecule has 3 rings (SSSR count). The lowest BCUT2D eigenvalue weighted by molar-refractivity contribution is -0.143. The topological polar surface area (TPSA) is 29.1 Å². The number of nitrogens with one attached hydrogen (secondary N) is 1. The van der Waals surface area contributed by atoms with E-state index >= 15 is 0 Å². The van der Waals surface area contributed by atoms with Crippen molar-refractivity contribution in [3.63, 3.8) is 0 Å². The van der Waals surface area contributed by atoms with Gasteiger partial charge in [-0.05, 0) is 36.8 Å². The van der Waals surface area contributed by atoms with Crippen molar-refractivity contribution in [3.05, 3.63) is 34.6 Å². The number of alkyl halides is 6. The Morgan fingerprint density at radius 2 is 1.47 bits per heavy atom. The first kappa shape index (κ1) is 22.9. The van der Waals surface area contributed by atoms with Crippen molar-refractivity contribution in [1.29, 1.82) is 0 Å². The first-order valence-corrected chi connectivity index (χ1v) is 10.3. The molecule has 1 aromatic carbocycles. The van der Waals surface area contributed by atoms with E-state index in [0.29, 0.717) is 12.3 Å². The van der Waals surface area contributed by atoms with E-state index in [1.54, 1.807) is 0 Å². The summed E-state index contributed by atoms with van der Waals surface area (Å²) in [6.45, 7) is 0. The fourth-order valence-electron chi connectivity index (χ4n) is 4.94. The van der Waals surface area contributed by atoms with Gasteiger partial charge >= 0.3 is 12.4 Å². The predicted octanol–water partition coefficient (Wildman–Crippen LogP) is 6.73. The predicted molar refractivity (Wildman–Crippen MR) is 96.2 cm³/mol. The van der Waals surface area contributed by atoms with Gasteiger partial charge in [0.2, 0.25) is 0 Å². The first-order valence-electron chi connectivity index (χ1n) is 10.3. The highest BCUT2D eigenvalue weighted by atomic mass is 19.4. The Morgan fingerprint density at radius 3 is 2.03 bits per heavy atom. The van der Waals surface area contributed by atoms with Crippen LogP contribution in [0.2, 0.25) is 0 Å². The van der Waals surface area contributed by atoms with Gasteiger partial charge in [0.15, 0.2) is 0 Å². The van der Waals surface area contributed by atoms with Crippen molar-refractivity contribution >= 4 is 5.91 Å². The van der Waals surface area contributed by atoms with E-state index in [0.717, 1.165) is 51.4 Å². The normalized spacial score (nSPS) is 24.0. The number of benzene rings is 1. The summed E-state index contributed by atoms with van der Waals surface area (Å²) in [7, 11) is 0. The summed E-state index contributed by atoms with van der Waals surface area (Å²) in [5.41, 5.74) is -5.06. The quantitative estimate of drug-likeness (QED) is 0.411. The highest BCUT2D eigenvalue weighted by Gasteiger charge is 2.42. The van der Waals surface area contributed by atoms with Crippen LogP contribution < -0.4 is 5.32 Å². The molecule has 2 fully saturated rings. The van der Waals surface area contributed by atoms with Crippen LogP contribution in [0.15, 0.2) is 12.1 Å². The molecule has 0 aromatic heterocycles. The number of rotatable bonds is 3. The van der Waals surface area contributed by atoms with Gasteiger partial charge in [-0.2, -0.15) is 26.3 Å². The van der Waals surface area contributed by atoms with Crippen LogP contribution in [-0.4, -0.2) is 11.9 Å². The molecule has 168 valence electrons. The molecular formula is C21H24F7NO. The lowest BCUT2D eigenvalue weighted by atomic mass is 9.82. The number of amides is 1. The SMILES string of the molecule is O=C(NC1CCCC1C1CCCCCC1)c1c(F)cc(C(F)(F)F)cc1C(F)(F)F. The molecule has 2 saturated carbocycles. The van der Waals surface area contributed by atoms with Crippen molar-refractivity contribution in [3.8, 4) is 0 Å². The second-order valence-electron chi connectivity index (χ2n) is 8.30. The summed E-state index contributed by atoms with van der Waals surface area (Å²) < 4.78 is 93.0. The maximum Gasteiger partial charge on any atom is 0.417 e. The number of carbonyl (C=O) groups is 1.